The molecular formula is C14H20BrFO3. The van der Waals surface area contributed by atoms with Crippen LogP contribution in [0.4, 0.5) is 4.39 Å². The summed E-state index contributed by atoms with van der Waals surface area (Å²) in [6.07, 6.45) is 4.25. The van der Waals surface area contributed by atoms with Crippen LogP contribution in [0.1, 0.15) is 45.4 Å². The first-order valence-electron chi connectivity index (χ1n) is 6.73. The molecule has 0 aromatic rings. The lowest BCUT2D eigenvalue weighted by Gasteiger charge is -2.07. The van der Waals surface area contributed by atoms with E-state index in [4.69, 9.17) is 0 Å². The summed E-state index contributed by atoms with van der Waals surface area (Å²) in [5.41, 5.74) is 0.879. The van der Waals surface area contributed by atoms with Gasteiger partial charge >= 0.3 is 5.97 Å². The Kier molecular flexibility index (Phi) is 7.28. The minimum atomic E-state index is -1.51. The number of ether oxygens (including phenoxy) is 1. The molecule has 0 saturated carbocycles. The van der Waals surface area contributed by atoms with Crippen molar-refractivity contribution in [3.05, 3.63) is 11.6 Å². The fourth-order valence-corrected chi connectivity index (χ4v) is 2.68. The molecule has 0 amide bonds. The van der Waals surface area contributed by atoms with Crippen molar-refractivity contribution < 1.29 is 18.7 Å². The third kappa shape index (κ3) is 5.85. The van der Waals surface area contributed by atoms with Crippen LogP contribution in [0.3, 0.4) is 0 Å². The molecule has 0 aliphatic heterocycles. The number of carbonyl (C=O) groups is 2. The van der Waals surface area contributed by atoms with Crippen LogP contribution in [0, 0.1) is 0 Å². The van der Waals surface area contributed by atoms with Crippen LogP contribution in [0.5, 0.6) is 0 Å². The molecule has 1 aliphatic rings. The fraction of sp³-hybridized carbons (Fsp3) is 0.714. The van der Waals surface area contributed by atoms with Crippen molar-refractivity contribution >= 4 is 27.7 Å². The van der Waals surface area contributed by atoms with Gasteiger partial charge in [-0.1, -0.05) is 28.4 Å². The summed E-state index contributed by atoms with van der Waals surface area (Å²) >= 11 is 3.39. The Morgan fingerprint density at radius 2 is 2.26 bits per heavy atom. The standard InChI is InChI=1S/C14H20BrFO3/c1-2-19-14(18)12(16)7-5-3-4-6-10-8-11(15)9-13(10)17/h8,11-12H,2-7,9H2,1H3. The monoisotopic (exact) mass is 334 g/mol. The number of Topliss-reactive ketones (excluding diaryl/α,β-unsaturated/α-hetero) is 1. The third-order valence-corrected chi connectivity index (χ3v) is 3.65. The van der Waals surface area contributed by atoms with Gasteiger partial charge in [0.2, 0.25) is 0 Å². The minimum absolute atomic E-state index is 0.175. The Bertz CT molecular complexity index is 355. The van der Waals surface area contributed by atoms with Gasteiger partial charge in [0, 0.05) is 11.2 Å². The van der Waals surface area contributed by atoms with Crippen LogP contribution in [-0.2, 0) is 14.3 Å². The number of alkyl halides is 2. The number of unbranched alkanes of at least 4 members (excludes halogenated alkanes) is 2. The first-order valence-corrected chi connectivity index (χ1v) is 7.64. The lowest BCUT2D eigenvalue weighted by molar-refractivity contribution is -0.149. The lowest BCUT2D eigenvalue weighted by atomic mass is 10.0. The number of hydrogen-bond donors (Lipinski definition) is 0. The molecule has 0 fully saturated rings. The molecule has 0 heterocycles. The quantitative estimate of drug-likeness (QED) is 0.387. The molecule has 0 saturated heterocycles. The summed E-state index contributed by atoms with van der Waals surface area (Å²) in [6, 6.07) is 0. The molecule has 0 radical (unpaired) electrons. The van der Waals surface area contributed by atoms with E-state index in [9.17, 15) is 14.0 Å². The van der Waals surface area contributed by atoms with E-state index < -0.39 is 12.1 Å². The zero-order chi connectivity index (χ0) is 14.3. The van der Waals surface area contributed by atoms with E-state index in [-0.39, 0.29) is 23.6 Å². The Morgan fingerprint density at radius 1 is 1.53 bits per heavy atom. The summed E-state index contributed by atoms with van der Waals surface area (Å²) in [5, 5.41) is 0. The molecule has 0 spiro atoms. The number of hydrogen-bond acceptors (Lipinski definition) is 3. The molecule has 3 nitrogen and oxygen atoms in total. The maximum atomic E-state index is 13.3. The largest absolute Gasteiger partial charge is 0.464 e. The Morgan fingerprint density at radius 3 is 2.84 bits per heavy atom. The van der Waals surface area contributed by atoms with Gasteiger partial charge in [-0.2, -0.15) is 0 Å². The van der Waals surface area contributed by atoms with Crippen molar-refractivity contribution in [3.8, 4) is 0 Å². The van der Waals surface area contributed by atoms with E-state index in [0.717, 1.165) is 24.8 Å². The van der Waals surface area contributed by atoms with E-state index in [0.29, 0.717) is 12.8 Å². The smallest absolute Gasteiger partial charge is 0.340 e. The van der Waals surface area contributed by atoms with Gasteiger partial charge in [-0.05, 0) is 38.2 Å². The van der Waals surface area contributed by atoms with Crippen molar-refractivity contribution in [3.63, 3.8) is 0 Å². The first-order chi connectivity index (χ1) is 9.04. The zero-order valence-corrected chi connectivity index (χ0v) is 12.7. The van der Waals surface area contributed by atoms with Gasteiger partial charge in [0.05, 0.1) is 6.61 Å². The number of esters is 1. The molecule has 108 valence electrons. The van der Waals surface area contributed by atoms with Crippen molar-refractivity contribution in [1.82, 2.24) is 0 Å². The van der Waals surface area contributed by atoms with Crippen molar-refractivity contribution in [2.24, 2.45) is 0 Å². The van der Waals surface area contributed by atoms with Crippen LogP contribution >= 0.6 is 15.9 Å². The maximum absolute atomic E-state index is 13.3. The maximum Gasteiger partial charge on any atom is 0.340 e. The molecule has 0 aromatic carbocycles. The van der Waals surface area contributed by atoms with Crippen LogP contribution in [0.25, 0.3) is 0 Å². The van der Waals surface area contributed by atoms with Gasteiger partial charge in [-0.25, -0.2) is 9.18 Å². The molecule has 19 heavy (non-hydrogen) atoms. The average Bonchev–Trinajstić information content (AvgIpc) is 2.67. The van der Waals surface area contributed by atoms with E-state index in [2.05, 4.69) is 20.7 Å². The van der Waals surface area contributed by atoms with Crippen molar-refractivity contribution in [2.75, 3.05) is 6.61 Å². The highest BCUT2D eigenvalue weighted by Crippen LogP contribution is 2.25. The second-order valence-corrected chi connectivity index (χ2v) is 5.83. The normalized spacial score (nSPS) is 20.3. The number of ketones is 1. The zero-order valence-electron chi connectivity index (χ0n) is 11.2. The van der Waals surface area contributed by atoms with E-state index in [1.807, 2.05) is 6.08 Å². The van der Waals surface area contributed by atoms with Gasteiger partial charge in [0.25, 0.3) is 0 Å². The highest BCUT2D eigenvalue weighted by atomic mass is 79.9. The van der Waals surface area contributed by atoms with E-state index in [1.54, 1.807) is 6.92 Å². The molecule has 0 N–H and O–H groups in total. The molecular weight excluding hydrogens is 315 g/mol. The van der Waals surface area contributed by atoms with Crippen LogP contribution < -0.4 is 0 Å². The van der Waals surface area contributed by atoms with Gasteiger partial charge < -0.3 is 4.74 Å². The Balaban J connectivity index is 2.10. The van der Waals surface area contributed by atoms with Crippen LogP contribution in [0.15, 0.2) is 11.6 Å². The number of allylic oxidation sites excluding steroid dienone is 2. The summed E-state index contributed by atoms with van der Waals surface area (Å²) in [5.74, 6) is -0.560. The Labute approximate surface area is 121 Å². The second kappa shape index (κ2) is 8.46. The predicted molar refractivity (Wildman–Crippen MR) is 75.0 cm³/mol. The van der Waals surface area contributed by atoms with Gasteiger partial charge in [-0.15, -0.1) is 0 Å². The van der Waals surface area contributed by atoms with E-state index >= 15 is 0 Å². The van der Waals surface area contributed by atoms with Gasteiger partial charge in [0.1, 0.15) is 0 Å². The highest BCUT2D eigenvalue weighted by molar-refractivity contribution is 9.09. The summed E-state index contributed by atoms with van der Waals surface area (Å²) < 4.78 is 17.9. The van der Waals surface area contributed by atoms with Crippen molar-refractivity contribution in [2.45, 2.75) is 56.4 Å². The first kappa shape index (κ1) is 16.3. The summed E-state index contributed by atoms with van der Waals surface area (Å²) in [4.78, 5) is 22.7. The second-order valence-electron chi connectivity index (χ2n) is 4.65. The summed E-state index contributed by atoms with van der Waals surface area (Å²) in [6.45, 7) is 1.87. The van der Waals surface area contributed by atoms with Gasteiger partial charge in [0.15, 0.2) is 12.0 Å². The van der Waals surface area contributed by atoms with Gasteiger partial charge in [-0.3, -0.25) is 4.79 Å². The minimum Gasteiger partial charge on any atom is -0.464 e. The topological polar surface area (TPSA) is 43.4 Å². The third-order valence-electron chi connectivity index (χ3n) is 3.07. The molecule has 5 heteroatoms. The summed E-state index contributed by atoms with van der Waals surface area (Å²) in [7, 11) is 0. The van der Waals surface area contributed by atoms with Crippen LogP contribution in [-0.4, -0.2) is 29.4 Å². The average molecular weight is 335 g/mol. The number of rotatable bonds is 8. The SMILES string of the molecule is CCOC(=O)C(F)CCCCCC1=CC(Br)CC1=O. The fourth-order valence-electron chi connectivity index (χ4n) is 2.07. The Hall–Kier alpha value is -0.710. The molecule has 2 atom stereocenters. The molecule has 0 aromatic heterocycles. The van der Waals surface area contributed by atoms with E-state index in [1.165, 1.54) is 0 Å². The predicted octanol–water partition coefficient (Wildman–Crippen LogP) is 3.50. The van der Waals surface area contributed by atoms with Crippen LogP contribution in [0.2, 0.25) is 0 Å². The molecule has 2 unspecified atom stereocenters. The number of halogens is 2. The lowest BCUT2D eigenvalue weighted by Crippen LogP contribution is -2.18. The molecule has 1 rings (SSSR count). The molecule has 1 aliphatic carbocycles. The van der Waals surface area contributed by atoms with Crippen molar-refractivity contribution in [1.29, 1.82) is 0 Å². The molecule has 0 bridgehead atoms. The number of carbonyl (C=O) groups excluding carboxylic acids is 2. The highest BCUT2D eigenvalue weighted by Gasteiger charge is 2.21.